The minimum absolute atomic E-state index is 0.0633. The highest BCUT2D eigenvalue weighted by atomic mass is 19.1. The molecule has 3 aromatic rings. The lowest BCUT2D eigenvalue weighted by Crippen LogP contribution is -2.38. The molecular formula is C26H26FN5O2. The minimum atomic E-state index is -0.444. The maximum absolute atomic E-state index is 14.7. The van der Waals surface area contributed by atoms with Gasteiger partial charge in [0.25, 0.3) is 0 Å². The number of nitrogens with one attached hydrogen (secondary N) is 1. The molecule has 1 N–H and O–H groups in total. The van der Waals surface area contributed by atoms with Crippen LogP contribution in [0.3, 0.4) is 0 Å². The van der Waals surface area contributed by atoms with E-state index in [0.29, 0.717) is 22.7 Å². The molecule has 34 heavy (non-hydrogen) atoms. The molecule has 0 radical (unpaired) electrons. The fourth-order valence-electron chi connectivity index (χ4n) is 4.32. The standard InChI is InChI=1S/C26H26FN5O2/c1-17(2)32-16-25(34-30-32)31-12-9-19(10-13-31)33-24-8-11-29-26-21(4-3-5-22(24)26)20-7-6-18(15-28)14-23(20)27/h3-8,11,14,16-17,19,30H,9-10,12-13H2,1-2H3. The molecule has 1 fully saturated rings. The maximum atomic E-state index is 14.7. The van der Waals surface area contributed by atoms with E-state index in [1.54, 1.807) is 18.3 Å². The quantitative estimate of drug-likeness (QED) is 0.592. The van der Waals surface area contributed by atoms with Crippen molar-refractivity contribution < 1.29 is 14.0 Å². The molecule has 3 heterocycles. The van der Waals surface area contributed by atoms with Crippen molar-refractivity contribution in [2.75, 3.05) is 13.1 Å². The molecule has 2 aliphatic rings. The summed E-state index contributed by atoms with van der Waals surface area (Å²) in [7, 11) is 0. The van der Waals surface area contributed by atoms with Crippen LogP contribution in [0.5, 0.6) is 5.75 Å². The second-order valence-electron chi connectivity index (χ2n) is 8.78. The van der Waals surface area contributed by atoms with E-state index < -0.39 is 5.82 Å². The van der Waals surface area contributed by atoms with Gasteiger partial charge in [0.1, 0.15) is 17.7 Å². The lowest BCUT2D eigenvalue weighted by Gasteiger charge is -2.32. The van der Waals surface area contributed by atoms with E-state index >= 15 is 0 Å². The molecule has 1 saturated heterocycles. The van der Waals surface area contributed by atoms with Gasteiger partial charge in [-0.2, -0.15) is 5.26 Å². The second-order valence-corrected chi connectivity index (χ2v) is 8.78. The first-order chi connectivity index (χ1) is 16.5. The van der Waals surface area contributed by atoms with Gasteiger partial charge in [0, 0.05) is 54.7 Å². The van der Waals surface area contributed by atoms with Crippen LogP contribution >= 0.6 is 0 Å². The number of rotatable bonds is 5. The van der Waals surface area contributed by atoms with E-state index in [4.69, 9.17) is 14.8 Å². The number of halogens is 1. The predicted octanol–water partition coefficient (Wildman–Crippen LogP) is 4.71. The van der Waals surface area contributed by atoms with Crippen LogP contribution < -0.4 is 10.3 Å². The molecule has 2 aliphatic heterocycles. The van der Waals surface area contributed by atoms with Gasteiger partial charge in [0.05, 0.1) is 23.3 Å². The molecule has 174 valence electrons. The smallest absolute Gasteiger partial charge is 0.234 e. The number of ether oxygens (including phenoxy) is 1. The van der Waals surface area contributed by atoms with Crippen LogP contribution in [-0.4, -0.2) is 40.1 Å². The van der Waals surface area contributed by atoms with Gasteiger partial charge in [-0.25, -0.2) is 4.39 Å². The van der Waals surface area contributed by atoms with Crippen molar-refractivity contribution in [1.82, 2.24) is 20.5 Å². The summed E-state index contributed by atoms with van der Waals surface area (Å²) >= 11 is 0. The molecule has 0 unspecified atom stereocenters. The van der Waals surface area contributed by atoms with Gasteiger partial charge in [-0.05, 0) is 38.1 Å². The summed E-state index contributed by atoms with van der Waals surface area (Å²) in [4.78, 5) is 12.4. The summed E-state index contributed by atoms with van der Waals surface area (Å²) in [6.45, 7) is 5.84. The Bertz CT molecular complexity index is 1280. The van der Waals surface area contributed by atoms with Crippen molar-refractivity contribution in [2.45, 2.75) is 38.8 Å². The summed E-state index contributed by atoms with van der Waals surface area (Å²) in [5.74, 6) is 1.12. The number of hydrogen-bond donors (Lipinski definition) is 1. The first-order valence-electron chi connectivity index (χ1n) is 11.5. The number of nitrogens with zero attached hydrogens (tertiary/aromatic N) is 4. The number of para-hydroxylation sites is 1. The molecular weight excluding hydrogens is 433 g/mol. The zero-order valence-electron chi connectivity index (χ0n) is 19.2. The normalized spacial score (nSPS) is 16.5. The van der Waals surface area contributed by atoms with Crippen LogP contribution in [-0.2, 0) is 4.84 Å². The van der Waals surface area contributed by atoms with E-state index in [1.807, 2.05) is 41.5 Å². The molecule has 0 bridgehead atoms. The number of hydrazine groups is 1. The molecule has 0 amide bonds. The van der Waals surface area contributed by atoms with Crippen LogP contribution in [0.15, 0.2) is 60.7 Å². The van der Waals surface area contributed by atoms with Crippen molar-refractivity contribution in [3.8, 4) is 22.9 Å². The van der Waals surface area contributed by atoms with Crippen molar-refractivity contribution in [3.63, 3.8) is 0 Å². The van der Waals surface area contributed by atoms with Gasteiger partial charge in [0.15, 0.2) is 0 Å². The summed E-state index contributed by atoms with van der Waals surface area (Å²) in [5, 5.41) is 11.8. The van der Waals surface area contributed by atoms with Crippen molar-refractivity contribution in [2.24, 2.45) is 0 Å². The zero-order chi connectivity index (χ0) is 23.7. The van der Waals surface area contributed by atoms with Gasteiger partial charge in [-0.1, -0.05) is 23.8 Å². The van der Waals surface area contributed by atoms with Crippen LogP contribution in [0.1, 0.15) is 32.3 Å². The number of fused-ring (bicyclic) bond motifs is 1. The fraction of sp³-hybridized carbons (Fsp3) is 0.308. The third-order valence-electron chi connectivity index (χ3n) is 6.23. The average molecular weight is 460 g/mol. The van der Waals surface area contributed by atoms with Crippen LogP contribution in [0.2, 0.25) is 0 Å². The Morgan fingerprint density at radius 1 is 1.18 bits per heavy atom. The summed E-state index contributed by atoms with van der Waals surface area (Å²) in [6.07, 6.45) is 5.47. The monoisotopic (exact) mass is 459 g/mol. The van der Waals surface area contributed by atoms with Gasteiger partial charge >= 0.3 is 0 Å². The van der Waals surface area contributed by atoms with E-state index in [0.717, 1.165) is 42.9 Å². The highest BCUT2D eigenvalue weighted by Crippen LogP contribution is 2.34. The summed E-state index contributed by atoms with van der Waals surface area (Å²) < 4.78 is 21.1. The largest absolute Gasteiger partial charge is 0.490 e. The van der Waals surface area contributed by atoms with Crippen molar-refractivity contribution in [1.29, 1.82) is 5.26 Å². The Morgan fingerprint density at radius 3 is 2.71 bits per heavy atom. The van der Waals surface area contributed by atoms with Crippen LogP contribution in [0.25, 0.3) is 22.0 Å². The highest BCUT2D eigenvalue weighted by Gasteiger charge is 2.27. The minimum Gasteiger partial charge on any atom is -0.490 e. The lowest BCUT2D eigenvalue weighted by molar-refractivity contribution is -0.0286. The van der Waals surface area contributed by atoms with E-state index in [2.05, 4.69) is 29.3 Å². The van der Waals surface area contributed by atoms with E-state index in [9.17, 15) is 4.39 Å². The van der Waals surface area contributed by atoms with Gasteiger partial charge < -0.3 is 14.5 Å². The van der Waals surface area contributed by atoms with Gasteiger partial charge in [0.2, 0.25) is 5.88 Å². The summed E-state index contributed by atoms with van der Waals surface area (Å²) in [6, 6.07) is 14.3. The first-order valence-corrected chi connectivity index (χ1v) is 11.5. The Morgan fingerprint density at radius 2 is 2.00 bits per heavy atom. The third kappa shape index (κ3) is 4.22. The average Bonchev–Trinajstić information content (AvgIpc) is 3.35. The van der Waals surface area contributed by atoms with Crippen molar-refractivity contribution >= 4 is 10.9 Å². The Kier molecular flexibility index (Phi) is 5.95. The van der Waals surface area contributed by atoms with Crippen LogP contribution in [0, 0.1) is 17.1 Å². The summed E-state index contributed by atoms with van der Waals surface area (Å²) in [5.41, 5.74) is 4.97. The molecule has 2 aromatic carbocycles. The number of nitriles is 1. The number of likely N-dealkylation sites (tertiary alicyclic amines) is 1. The molecule has 0 aliphatic carbocycles. The molecule has 1 aromatic heterocycles. The first kappa shape index (κ1) is 22.0. The van der Waals surface area contributed by atoms with Gasteiger partial charge in [-0.15, -0.1) is 0 Å². The molecule has 7 nitrogen and oxygen atoms in total. The lowest BCUT2D eigenvalue weighted by atomic mass is 10.00. The number of aromatic nitrogens is 1. The van der Waals surface area contributed by atoms with Crippen LogP contribution in [0.4, 0.5) is 4.39 Å². The third-order valence-corrected chi connectivity index (χ3v) is 6.23. The maximum Gasteiger partial charge on any atom is 0.234 e. The zero-order valence-corrected chi connectivity index (χ0v) is 19.2. The fourth-order valence-corrected chi connectivity index (χ4v) is 4.32. The van der Waals surface area contributed by atoms with E-state index in [-0.39, 0.29) is 11.7 Å². The molecule has 0 saturated carbocycles. The number of piperidine rings is 1. The Hall–Kier alpha value is -3.83. The predicted molar refractivity (Wildman–Crippen MR) is 126 cm³/mol. The SMILES string of the molecule is CC(C)N1C=C(N2CCC(Oc3ccnc4c(-c5ccc(C#N)cc5F)cccc34)CC2)ON1. The van der Waals surface area contributed by atoms with Gasteiger partial charge in [-0.3, -0.25) is 9.99 Å². The molecule has 0 spiro atoms. The molecule has 5 rings (SSSR count). The topological polar surface area (TPSA) is 73.7 Å². The second kappa shape index (κ2) is 9.20. The molecule has 0 atom stereocenters. The van der Waals surface area contributed by atoms with E-state index in [1.165, 1.54) is 6.07 Å². The number of hydrogen-bond acceptors (Lipinski definition) is 7. The number of benzene rings is 2. The Balaban J connectivity index is 1.34. The highest BCUT2D eigenvalue weighted by molar-refractivity contribution is 5.97. The number of pyridine rings is 1. The molecule has 8 heteroatoms. The Labute approximate surface area is 197 Å². The van der Waals surface area contributed by atoms with Crippen molar-refractivity contribution in [3.05, 3.63) is 72.1 Å².